The lowest BCUT2D eigenvalue weighted by Gasteiger charge is -1.95. The minimum absolute atomic E-state index is 0.0273. The fourth-order valence-corrected chi connectivity index (χ4v) is 0.979. The third-order valence-electron chi connectivity index (χ3n) is 1.49. The summed E-state index contributed by atoms with van der Waals surface area (Å²) in [5.41, 5.74) is 1.09. The highest BCUT2D eigenvalue weighted by atomic mass is 35.5. The van der Waals surface area contributed by atoms with Crippen molar-refractivity contribution in [2.45, 2.75) is 0 Å². The number of hydrogen-bond donors (Lipinski definition) is 0. The summed E-state index contributed by atoms with van der Waals surface area (Å²) in [6, 6.07) is 6.36. The Morgan fingerprint density at radius 1 is 1.33 bits per heavy atom. The minimum Gasteiger partial charge on any atom is -0.298 e. The predicted octanol–water partition coefficient (Wildman–Crippen LogP) is 1.92. The molecule has 0 aliphatic rings. The Kier molecular flexibility index (Phi) is 3.00. The van der Waals surface area contributed by atoms with Gasteiger partial charge in [-0.3, -0.25) is 9.59 Å². The molecule has 0 saturated carbocycles. The van der Waals surface area contributed by atoms with Gasteiger partial charge in [0.2, 0.25) is 0 Å². The first-order valence-electron chi connectivity index (χ1n) is 3.42. The van der Waals surface area contributed by atoms with Crippen molar-refractivity contribution in [1.82, 2.24) is 0 Å². The highest BCUT2D eigenvalue weighted by Crippen LogP contribution is 2.04. The zero-order chi connectivity index (χ0) is 8.97. The highest BCUT2D eigenvalue weighted by molar-refractivity contribution is 6.30. The molecule has 0 aliphatic heterocycles. The summed E-state index contributed by atoms with van der Waals surface area (Å²) in [5, 5.41) is 0. The van der Waals surface area contributed by atoms with Gasteiger partial charge in [0.25, 0.3) is 0 Å². The van der Waals surface area contributed by atoms with E-state index in [1.807, 2.05) is 0 Å². The van der Waals surface area contributed by atoms with Crippen molar-refractivity contribution in [1.29, 1.82) is 0 Å². The smallest absolute Gasteiger partial charge is 0.177 e. The minimum atomic E-state index is -0.130. The van der Waals surface area contributed by atoms with Gasteiger partial charge < -0.3 is 0 Å². The molecule has 62 valence electrons. The number of carbonyl (C=O) groups excluding carboxylic acids is 2. The molecule has 0 aromatic heterocycles. The molecule has 0 N–H and O–H groups in total. The molecular weight excluding hydrogens is 176 g/mol. The number of ketones is 1. The van der Waals surface area contributed by atoms with E-state index in [4.69, 9.17) is 11.6 Å². The zero-order valence-corrected chi connectivity index (χ0v) is 7.04. The first kappa shape index (κ1) is 8.94. The topological polar surface area (TPSA) is 34.1 Å². The molecule has 1 aromatic carbocycles. The van der Waals surface area contributed by atoms with Crippen molar-refractivity contribution in [3.8, 4) is 0 Å². The summed E-state index contributed by atoms with van der Waals surface area (Å²) in [4.78, 5) is 21.2. The van der Waals surface area contributed by atoms with E-state index in [9.17, 15) is 9.59 Å². The van der Waals surface area contributed by atoms with Crippen LogP contribution in [0, 0.1) is 0 Å². The van der Waals surface area contributed by atoms with Crippen LogP contribution >= 0.6 is 11.6 Å². The fraction of sp³-hybridized carbons (Fsp3) is 0.111. The van der Waals surface area contributed by atoms with Crippen molar-refractivity contribution in [3.05, 3.63) is 35.4 Å². The zero-order valence-electron chi connectivity index (χ0n) is 6.29. The third kappa shape index (κ3) is 1.92. The second kappa shape index (κ2) is 4.02. The Morgan fingerprint density at radius 2 is 1.92 bits per heavy atom. The summed E-state index contributed by atoms with van der Waals surface area (Å²) in [6.07, 6.45) is 0.731. The van der Waals surface area contributed by atoms with Gasteiger partial charge in [0.05, 0.1) is 5.88 Å². The highest BCUT2D eigenvalue weighted by Gasteiger charge is 2.02. The molecule has 12 heavy (non-hydrogen) atoms. The molecule has 0 bridgehead atoms. The number of carbonyl (C=O) groups is 2. The van der Waals surface area contributed by atoms with E-state index in [-0.39, 0.29) is 11.7 Å². The van der Waals surface area contributed by atoms with Crippen molar-refractivity contribution >= 4 is 23.7 Å². The number of hydrogen-bond acceptors (Lipinski definition) is 2. The fourth-order valence-electron chi connectivity index (χ4n) is 0.825. The molecule has 0 atom stereocenters. The average molecular weight is 183 g/mol. The largest absolute Gasteiger partial charge is 0.298 e. The Morgan fingerprint density at radius 3 is 2.33 bits per heavy atom. The van der Waals surface area contributed by atoms with E-state index in [2.05, 4.69) is 0 Å². The normalized spacial score (nSPS) is 9.42. The lowest BCUT2D eigenvalue weighted by molar-refractivity contribution is 0.102. The van der Waals surface area contributed by atoms with Gasteiger partial charge in [-0.1, -0.05) is 24.3 Å². The van der Waals surface area contributed by atoms with Gasteiger partial charge in [0, 0.05) is 11.1 Å². The third-order valence-corrected chi connectivity index (χ3v) is 1.73. The van der Waals surface area contributed by atoms with Crippen LogP contribution in [0.1, 0.15) is 20.7 Å². The van der Waals surface area contributed by atoms with E-state index >= 15 is 0 Å². The Bertz CT molecular complexity index is 290. The van der Waals surface area contributed by atoms with Gasteiger partial charge >= 0.3 is 0 Å². The van der Waals surface area contributed by atoms with Gasteiger partial charge in [-0.05, 0) is 0 Å². The van der Waals surface area contributed by atoms with Gasteiger partial charge in [-0.25, -0.2) is 0 Å². The van der Waals surface area contributed by atoms with Crippen LogP contribution in [0.5, 0.6) is 0 Å². The van der Waals surface area contributed by atoms with Crippen molar-refractivity contribution < 1.29 is 9.59 Å². The lowest BCUT2D eigenvalue weighted by Crippen LogP contribution is -1.99. The van der Waals surface area contributed by atoms with Crippen LogP contribution in [-0.4, -0.2) is 17.9 Å². The van der Waals surface area contributed by atoms with E-state index in [0.717, 1.165) is 6.29 Å². The lowest BCUT2D eigenvalue weighted by atomic mass is 10.1. The monoisotopic (exact) mass is 182 g/mol. The predicted molar refractivity (Wildman–Crippen MR) is 46.9 cm³/mol. The van der Waals surface area contributed by atoms with E-state index in [0.29, 0.717) is 11.1 Å². The van der Waals surface area contributed by atoms with Gasteiger partial charge in [-0.15, -0.1) is 11.6 Å². The molecule has 0 spiro atoms. The first-order chi connectivity index (χ1) is 5.77. The number of halogens is 1. The van der Waals surface area contributed by atoms with Crippen LogP contribution in [0.3, 0.4) is 0 Å². The van der Waals surface area contributed by atoms with Crippen LogP contribution in [0.4, 0.5) is 0 Å². The van der Waals surface area contributed by atoms with Gasteiger partial charge in [0.1, 0.15) is 6.29 Å². The Hall–Kier alpha value is -1.15. The van der Waals surface area contributed by atoms with Crippen LogP contribution < -0.4 is 0 Å². The maximum absolute atomic E-state index is 11.0. The van der Waals surface area contributed by atoms with Crippen LogP contribution in [0.15, 0.2) is 24.3 Å². The Balaban J connectivity index is 2.91. The second-order valence-corrected chi connectivity index (χ2v) is 2.56. The summed E-state index contributed by atoms with van der Waals surface area (Å²) in [6.45, 7) is 0. The number of alkyl halides is 1. The molecule has 0 heterocycles. The number of Topliss-reactive ketones (excluding diaryl/α,β-unsaturated/α-hetero) is 1. The van der Waals surface area contributed by atoms with Crippen molar-refractivity contribution in [3.63, 3.8) is 0 Å². The number of benzene rings is 1. The molecule has 2 nitrogen and oxygen atoms in total. The molecule has 3 heteroatoms. The summed E-state index contributed by atoms with van der Waals surface area (Å²) in [5.74, 6) is -0.158. The second-order valence-electron chi connectivity index (χ2n) is 2.30. The summed E-state index contributed by atoms with van der Waals surface area (Å²) in [7, 11) is 0. The molecule has 1 aromatic rings. The van der Waals surface area contributed by atoms with E-state index in [1.54, 1.807) is 24.3 Å². The quantitative estimate of drug-likeness (QED) is 0.407. The van der Waals surface area contributed by atoms with Crippen LogP contribution in [0.25, 0.3) is 0 Å². The van der Waals surface area contributed by atoms with Crippen LogP contribution in [0.2, 0.25) is 0 Å². The molecule has 0 saturated heterocycles. The van der Waals surface area contributed by atoms with Gasteiger partial charge in [0.15, 0.2) is 5.78 Å². The number of aldehydes is 1. The SMILES string of the molecule is O=Cc1ccc(C(=O)CCl)cc1. The first-order valence-corrected chi connectivity index (χ1v) is 3.96. The summed E-state index contributed by atoms with van der Waals surface area (Å²) >= 11 is 5.34. The van der Waals surface area contributed by atoms with Crippen molar-refractivity contribution in [2.24, 2.45) is 0 Å². The maximum Gasteiger partial charge on any atom is 0.177 e. The van der Waals surface area contributed by atoms with Crippen molar-refractivity contribution in [2.75, 3.05) is 5.88 Å². The van der Waals surface area contributed by atoms with E-state index in [1.165, 1.54) is 0 Å². The molecule has 0 aliphatic carbocycles. The van der Waals surface area contributed by atoms with Gasteiger partial charge in [-0.2, -0.15) is 0 Å². The average Bonchev–Trinajstić information content (AvgIpc) is 2.17. The summed E-state index contributed by atoms with van der Waals surface area (Å²) < 4.78 is 0. The molecular formula is C9H7ClO2. The Labute approximate surface area is 75.2 Å². The number of rotatable bonds is 3. The molecule has 0 fully saturated rings. The van der Waals surface area contributed by atoms with E-state index < -0.39 is 0 Å². The van der Waals surface area contributed by atoms with Crippen LogP contribution in [-0.2, 0) is 0 Å². The standard InChI is InChI=1S/C9H7ClO2/c10-5-9(12)8-3-1-7(6-11)2-4-8/h1-4,6H,5H2. The molecule has 0 unspecified atom stereocenters. The maximum atomic E-state index is 11.0. The molecule has 0 radical (unpaired) electrons. The molecule has 0 amide bonds. The molecule has 1 rings (SSSR count).